The maximum Gasteiger partial charge on any atom is 0.271 e. The van der Waals surface area contributed by atoms with Gasteiger partial charge in [0.05, 0.1) is 18.0 Å². The van der Waals surface area contributed by atoms with Crippen LogP contribution in [-0.4, -0.2) is 36.4 Å². The Balaban J connectivity index is 2.34. The zero-order valence-corrected chi connectivity index (χ0v) is 11.7. The molecule has 8 heteroatoms. The van der Waals surface area contributed by atoms with E-state index in [0.717, 1.165) is 6.42 Å². The molecule has 0 heterocycles. The van der Waals surface area contributed by atoms with Crippen LogP contribution in [0.3, 0.4) is 0 Å². The Morgan fingerprint density at radius 2 is 1.90 bits per heavy atom. The lowest BCUT2D eigenvalue weighted by molar-refractivity contribution is -0.384. The molecule has 0 fully saturated rings. The minimum atomic E-state index is -0.511. The van der Waals surface area contributed by atoms with Crippen molar-refractivity contribution in [2.75, 3.05) is 25.0 Å². The van der Waals surface area contributed by atoms with Crippen LogP contribution in [-0.2, 0) is 9.59 Å². The number of hydrogen-bond donors (Lipinski definition) is 3. The first-order chi connectivity index (χ1) is 10.0. The van der Waals surface area contributed by atoms with E-state index in [9.17, 15) is 19.7 Å². The highest BCUT2D eigenvalue weighted by Crippen LogP contribution is 2.16. The van der Waals surface area contributed by atoms with Crippen LogP contribution >= 0.6 is 0 Å². The summed E-state index contributed by atoms with van der Waals surface area (Å²) in [6.45, 7) is 2.35. The number of nitrogens with zero attached hydrogens (tertiary/aromatic N) is 1. The van der Waals surface area contributed by atoms with Gasteiger partial charge in [-0.25, -0.2) is 0 Å². The molecule has 3 N–H and O–H groups in total. The zero-order chi connectivity index (χ0) is 15.7. The molecule has 1 aromatic carbocycles. The van der Waals surface area contributed by atoms with E-state index in [1.54, 1.807) is 6.07 Å². The van der Waals surface area contributed by atoms with Crippen molar-refractivity contribution in [1.82, 2.24) is 10.6 Å². The summed E-state index contributed by atoms with van der Waals surface area (Å²) >= 11 is 0. The molecule has 0 bridgehead atoms. The fourth-order valence-corrected chi connectivity index (χ4v) is 1.48. The molecule has 0 radical (unpaired) electrons. The van der Waals surface area contributed by atoms with Gasteiger partial charge in [-0.1, -0.05) is 13.0 Å². The summed E-state index contributed by atoms with van der Waals surface area (Å²) in [6.07, 6.45) is 0.827. The van der Waals surface area contributed by atoms with Crippen molar-refractivity contribution in [2.24, 2.45) is 0 Å². The third-order valence-electron chi connectivity index (χ3n) is 2.53. The third kappa shape index (κ3) is 6.37. The van der Waals surface area contributed by atoms with Crippen LogP contribution in [0.1, 0.15) is 13.3 Å². The largest absolute Gasteiger partial charge is 0.376 e. The van der Waals surface area contributed by atoms with Gasteiger partial charge in [0.2, 0.25) is 11.8 Å². The highest BCUT2D eigenvalue weighted by molar-refractivity contribution is 5.86. The number of non-ortho nitro benzene ring substituents is 1. The second-order valence-corrected chi connectivity index (χ2v) is 4.29. The van der Waals surface area contributed by atoms with Crippen molar-refractivity contribution < 1.29 is 14.5 Å². The van der Waals surface area contributed by atoms with Gasteiger partial charge in [-0.3, -0.25) is 19.7 Å². The number of anilines is 1. The molecule has 1 rings (SSSR count). The summed E-state index contributed by atoms with van der Waals surface area (Å²) in [7, 11) is 0. The Morgan fingerprint density at radius 1 is 1.19 bits per heavy atom. The van der Waals surface area contributed by atoms with Crippen LogP contribution in [0.4, 0.5) is 11.4 Å². The Morgan fingerprint density at radius 3 is 2.57 bits per heavy atom. The lowest BCUT2D eigenvalue weighted by Crippen LogP contribution is -2.39. The van der Waals surface area contributed by atoms with Crippen molar-refractivity contribution >= 4 is 23.2 Å². The Bertz CT molecular complexity index is 519. The smallest absolute Gasteiger partial charge is 0.271 e. The molecule has 0 saturated heterocycles. The molecule has 21 heavy (non-hydrogen) atoms. The van der Waals surface area contributed by atoms with E-state index in [1.807, 2.05) is 6.92 Å². The number of rotatable bonds is 8. The molecule has 0 spiro atoms. The summed E-state index contributed by atoms with van der Waals surface area (Å²) in [5.74, 6) is -0.617. The predicted octanol–water partition coefficient (Wildman–Crippen LogP) is 0.649. The van der Waals surface area contributed by atoms with Crippen molar-refractivity contribution in [3.8, 4) is 0 Å². The average Bonchev–Trinajstić information content (AvgIpc) is 2.49. The molecule has 114 valence electrons. The van der Waals surface area contributed by atoms with E-state index in [-0.39, 0.29) is 30.6 Å². The van der Waals surface area contributed by atoms with Crippen LogP contribution in [0.5, 0.6) is 0 Å². The second kappa shape index (κ2) is 8.51. The normalized spacial score (nSPS) is 9.76. The van der Waals surface area contributed by atoms with Crippen LogP contribution in [0.15, 0.2) is 24.3 Å². The van der Waals surface area contributed by atoms with E-state index in [4.69, 9.17) is 0 Å². The maximum absolute atomic E-state index is 11.5. The number of nitro groups is 1. The monoisotopic (exact) mass is 294 g/mol. The molecule has 0 aliphatic heterocycles. The Kier molecular flexibility index (Phi) is 6.66. The van der Waals surface area contributed by atoms with Crippen LogP contribution in [0.25, 0.3) is 0 Å². The number of nitro benzene ring substituents is 1. The van der Waals surface area contributed by atoms with Crippen molar-refractivity contribution in [1.29, 1.82) is 0 Å². The second-order valence-electron chi connectivity index (χ2n) is 4.29. The molecular weight excluding hydrogens is 276 g/mol. The highest BCUT2D eigenvalue weighted by Gasteiger charge is 2.07. The molecule has 0 atom stereocenters. The van der Waals surface area contributed by atoms with Gasteiger partial charge in [-0.15, -0.1) is 0 Å². The number of benzene rings is 1. The molecule has 1 aromatic rings. The number of amides is 2. The first kappa shape index (κ1) is 16.4. The molecule has 0 aliphatic rings. The molecule has 2 amide bonds. The third-order valence-corrected chi connectivity index (χ3v) is 2.53. The summed E-state index contributed by atoms with van der Waals surface area (Å²) in [5, 5.41) is 18.5. The SMILES string of the molecule is CCCNC(=O)CNC(=O)CNc1cccc([N+](=O)[O-])c1. The van der Waals surface area contributed by atoms with Gasteiger partial charge >= 0.3 is 0 Å². The molecule has 0 saturated carbocycles. The van der Waals surface area contributed by atoms with Crippen LogP contribution < -0.4 is 16.0 Å². The molecular formula is C13H18N4O4. The minimum absolute atomic E-state index is 0.0562. The van der Waals surface area contributed by atoms with Gasteiger partial charge in [0, 0.05) is 24.4 Å². The number of hydrogen-bond acceptors (Lipinski definition) is 5. The zero-order valence-electron chi connectivity index (χ0n) is 11.7. The predicted molar refractivity (Wildman–Crippen MR) is 77.9 cm³/mol. The molecule has 0 aliphatic carbocycles. The first-order valence-corrected chi connectivity index (χ1v) is 6.54. The summed E-state index contributed by atoms with van der Waals surface area (Å²) in [6, 6.07) is 5.84. The highest BCUT2D eigenvalue weighted by atomic mass is 16.6. The fraction of sp³-hybridized carbons (Fsp3) is 0.385. The molecule has 0 aromatic heterocycles. The van der Waals surface area contributed by atoms with Crippen LogP contribution in [0, 0.1) is 10.1 Å². The van der Waals surface area contributed by atoms with Gasteiger partial charge in [-0.05, 0) is 12.5 Å². The van der Waals surface area contributed by atoms with Crippen molar-refractivity contribution in [2.45, 2.75) is 13.3 Å². The van der Waals surface area contributed by atoms with Gasteiger partial charge in [0.1, 0.15) is 0 Å². The Labute approximate surface area is 122 Å². The summed E-state index contributed by atoms with van der Waals surface area (Å²) in [5.41, 5.74) is 0.411. The van der Waals surface area contributed by atoms with Gasteiger partial charge < -0.3 is 16.0 Å². The average molecular weight is 294 g/mol. The van der Waals surface area contributed by atoms with Gasteiger partial charge in [-0.2, -0.15) is 0 Å². The summed E-state index contributed by atoms with van der Waals surface area (Å²) < 4.78 is 0. The maximum atomic E-state index is 11.5. The quantitative estimate of drug-likeness (QED) is 0.481. The molecule has 8 nitrogen and oxygen atoms in total. The standard InChI is InChI=1S/C13H18N4O4/c1-2-6-14-12(18)9-16-13(19)8-15-10-4-3-5-11(7-10)17(20)21/h3-5,7,15H,2,6,8-9H2,1H3,(H,14,18)(H,16,19). The van der Waals surface area contributed by atoms with E-state index in [0.29, 0.717) is 12.2 Å². The topological polar surface area (TPSA) is 113 Å². The van der Waals surface area contributed by atoms with Crippen LogP contribution in [0.2, 0.25) is 0 Å². The number of carbonyl (C=O) groups is 2. The lowest BCUT2D eigenvalue weighted by Gasteiger charge is -2.08. The minimum Gasteiger partial charge on any atom is -0.376 e. The summed E-state index contributed by atoms with van der Waals surface area (Å²) in [4.78, 5) is 32.9. The number of nitrogens with one attached hydrogen (secondary N) is 3. The first-order valence-electron chi connectivity index (χ1n) is 6.54. The van der Waals surface area contributed by atoms with Gasteiger partial charge in [0.15, 0.2) is 0 Å². The van der Waals surface area contributed by atoms with Crippen molar-refractivity contribution in [3.05, 3.63) is 34.4 Å². The Hall–Kier alpha value is -2.64. The van der Waals surface area contributed by atoms with E-state index < -0.39 is 4.92 Å². The van der Waals surface area contributed by atoms with E-state index in [1.165, 1.54) is 18.2 Å². The van der Waals surface area contributed by atoms with E-state index in [2.05, 4.69) is 16.0 Å². The number of carbonyl (C=O) groups excluding carboxylic acids is 2. The fourth-order valence-electron chi connectivity index (χ4n) is 1.48. The molecule has 0 unspecified atom stereocenters. The van der Waals surface area contributed by atoms with E-state index >= 15 is 0 Å². The van der Waals surface area contributed by atoms with Crippen molar-refractivity contribution in [3.63, 3.8) is 0 Å². The van der Waals surface area contributed by atoms with Gasteiger partial charge in [0.25, 0.3) is 5.69 Å². The lowest BCUT2D eigenvalue weighted by atomic mass is 10.3.